The van der Waals surface area contributed by atoms with E-state index in [2.05, 4.69) is 15.9 Å². The first-order chi connectivity index (χ1) is 7.35. The van der Waals surface area contributed by atoms with Gasteiger partial charge in [0.15, 0.2) is 0 Å². The predicted octanol–water partition coefficient (Wildman–Crippen LogP) is 4.43. The number of unbranched alkanes of at least 4 members (excludes halogenated alkanes) is 1. The minimum atomic E-state index is 0.331. The molecule has 0 aromatic heterocycles. The molecule has 2 heteroatoms. The summed E-state index contributed by atoms with van der Waals surface area (Å²) in [6, 6.07) is 0. The Hall–Kier alpha value is 0.440. The summed E-state index contributed by atoms with van der Waals surface area (Å²) >= 11 is 3.49. The van der Waals surface area contributed by atoms with Crippen molar-refractivity contribution in [2.75, 3.05) is 5.33 Å². The van der Waals surface area contributed by atoms with Crippen LogP contribution in [0.25, 0.3) is 0 Å². The Bertz CT molecular complexity index is 185. The zero-order valence-electron chi connectivity index (χ0n) is 9.64. The van der Waals surface area contributed by atoms with Crippen LogP contribution in [-0.4, -0.2) is 17.0 Å². The Morgan fingerprint density at radius 3 is 2.60 bits per heavy atom. The summed E-state index contributed by atoms with van der Waals surface area (Å²) in [5.41, 5.74) is 0.331. The lowest BCUT2D eigenvalue weighted by Gasteiger charge is -2.33. The van der Waals surface area contributed by atoms with Gasteiger partial charge in [-0.05, 0) is 38.5 Å². The highest BCUT2D eigenvalue weighted by Gasteiger charge is 2.40. The van der Waals surface area contributed by atoms with Gasteiger partial charge in [-0.25, -0.2) is 0 Å². The van der Waals surface area contributed by atoms with Crippen LogP contribution in [0, 0.1) is 0 Å². The summed E-state index contributed by atoms with van der Waals surface area (Å²) in [6.45, 7) is 0. The molecule has 1 aliphatic heterocycles. The first-order valence-corrected chi connectivity index (χ1v) is 7.71. The number of hydrogen-bond acceptors (Lipinski definition) is 1. The van der Waals surface area contributed by atoms with Crippen molar-refractivity contribution in [2.24, 2.45) is 0 Å². The summed E-state index contributed by atoms with van der Waals surface area (Å²) in [4.78, 5) is 0. The zero-order chi connectivity index (χ0) is 10.6. The average molecular weight is 275 g/mol. The predicted molar refractivity (Wildman–Crippen MR) is 67.6 cm³/mol. The SMILES string of the molecule is BrCCCCC1CCC2(CCCCC2)O1. The van der Waals surface area contributed by atoms with E-state index in [-0.39, 0.29) is 0 Å². The molecule has 2 rings (SSSR count). The fourth-order valence-electron chi connectivity index (χ4n) is 3.13. The molecule has 1 aliphatic carbocycles. The van der Waals surface area contributed by atoms with E-state index >= 15 is 0 Å². The van der Waals surface area contributed by atoms with Crippen molar-refractivity contribution in [3.63, 3.8) is 0 Å². The van der Waals surface area contributed by atoms with E-state index in [1.165, 1.54) is 64.2 Å². The van der Waals surface area contributed by atoms with Gasteiger partial charge in [0.1, 0.15) is 0 Å². The smallest absolute Gasteiger partial charge is 0.0687 e. The topological polar surface area (TPSA) is 9.23 Å². The Kier molecular flexibility index (Phi) is 4.51. The monoisotopic (exact) mass is 274 g/mol. The summed E-state index contributed by atoms with van der Waals surface area (Å²) in [5, 5.41) is 1.14. The molecule has 1 unspecified atom stereocenters. The van der Waals surface area contributed by atoms with Crippen LogP contribution in [0.1, 0.15) is 64.2 Å². The van der Waals surface area contributed by atoms with Gasteiger partial charge < -0.3 is 4.74 Å². The molecule has 0 amide bonds. The molecule has 2 aliphatic rings. The van der Waals surface area contributed by atoms with E-state index in [1.54, 1.807) is 0 Å². The Labute approximate surface area is 102 Å². The van der Waals surface area contributed by atoms with Crippen LogP contribution < -0.4 is 0 Å². The van der Waals surface area contributed by atoms with Gasteiger partial charge in [0.2, 0.25) is 0 Å². The first-order valence-electron chi connectivity index (χ1n) is 6.58. The molecule has 0 bridgehead atoms. The second kappa shape index (κ2) is 5.67. The van der Waals surface area contributed by atoms with E-state index in [1.807, 2.05) is 0 Å². The van der Waals surface area contributed by atoms with Crippen molar-refractivity contribution in [3.8, 4) is 0 Å². The van der Waals surface area contributed by atoms with Crippen molar-refractivity contribution in [2.45, 2.75) is 75.9 Å². The van der Waals surface area contributed by atoms with Gasteiger partial charge >= 0.3 is 0 Å². The fraction of sp³-hybridized carbons (Fsp3) is 1.00. The van der Waals surface area contributed by atoms with E-state index in [0.717, 1.165) is 5.33 Å². The van der Waals surface area contributed by atoms with Crippen LogP contribution in [0.3, 0.4) is 0 Å². The van der Waals surface area contributed by atoms with Gasteiger partial charge in [-0.15, -0.1) is 0 Å². The summed E-state index contributed by atoms with van der Waals surface area (Å²) in [7, 11) is 0. The molecular weight excluding hydrogens is 252 g/mol. The second-order valence-corrected chi connectivity index (χ2v) is 6.00. The van der Waals surface area contributed by atoms with E-state index in [0.29, 0.717) is 11.7 Å². The van der Waals surface area contributed by atoms with Crippen molar-refractivity contribution in [1.29, 1.82) is 0 Å². The molecule has 15 heavy (non-hydrogen) atoms. The molecular formula is C13H23BrO. The molecule has 1 saturated heterocycles. The quantitative estimate of drug-likeness (QED) is 0.544. The van der Waals surface area contributed by atoms with Gasteiger partial charge in [0, 0.05) is 5.33 Å². The number of rotatable bonds is 4. The second-order valence-electron chi connectivity index (χ2n) is 5.21. The average Bonchev–Trinajstić information content (AvgIpc) is 2.63. The molecule has 88 valence electrons. The largest absolute Gasteiger partial charge is 0.372 e. The number of halogens is 1. The van der Waals surface area contributed by atoms with E-state index in [9.17, 15) is 0 Å². The summed E-state index contributed by atoms with van der Waals surface area (Å²) < 4.78 is 6.32. The van der Waals surface area contributed by atoms with Crippen molar-refractivity contribution in [3.05, 3.63) is 0 Å². The third-order valence-electron chi connectivity index (χ3n) is 4.01. The fourth-order valence-corrected chi connectivity index (χ4v) is 3.53. The minimum Gasteiger partial charge on any atom is -0.372 e. The molecule has 1 atom stereocenters. The maximum absolute atomic E-state index is 6.32. The van der Waals surface area contributed by atoms with Gasteiger partial charge in [-0.2, -0.15) is 0 Å². The van der Waals surface area contributed by atoms with Gasteiger partial charge in [-0.3, -0.25) is 0 Å². The van der Waals surface area contributed by atoms with Crippen molar-refractivity contribution < 1.29 is 4.74 Å². The van der Waals surface area contributed by atoms with Crippen LogP contribution in [-0.2, 0) is 4.74 Å². The first kappa shape index (κ1) is 11.9. The highest BCUT2D eigenvalue weighted by atomic mass is 79.9. The number of alkyl halides is 1. The molecule has 2 fully saturated rings. The minimum absolute atomic E-state index is 0.331. The molecule has 1 heterocycles. The Morgan fingerprint density at radius 2 is 1.87 bits per heavy atom. The maximum Gasteiger partial charge on any atom is 0.0687 e. The van der Waals surface area contributed by atoms with Gasteiger partial charge in [0.05, 0.1) is 11.7 Å². The van der Waals surface area contributed by atoms with E-state index < -0.39 is 0 Å². The summed E-state index contributed by atoms with van der Waals surface area (Å²) in [5.74, 6) is 0. The molecule has 0 N–H and O–H groups in total. The van der Waals surface area contributed by atoms with Crippen molar-refractivity contribution >= 4 is 15.9 Å². The molecule has 0 radical (unpaired) electrons. The third-order valence-corrected chi connectivity index (χ3v) is 4.57. The lowest BCUT2D eigenvalue weighted by molar-refractivity contribution is -0.0659. The highest BCUT2D eigenvalue weighted by molar-refractivity contribution is 9.09. The number of hydrogen-bond donors (Lipinski definition) is 0. The molecule has 1 nitrogen and oxygen atoms in total. The Balaban J connectivity index is 1.73. The Morgan fingerprint density at radius 1 is 1.07 bits per heavy atom. The van der Waals surface area contributed by atoms with Crippen LogP contribution in [0.5, 0.6) is 0 Å². The lowest BCUT2D eigenvalue weighted by Crippen LogP contribution is -2.31. The zero-order valence-corrected chi connectivity index (χ0v) is 11.2. The van der Waals surface area contributed by atoms with Crippen LogP contribution in [0.4, 0.5) is 0 Å². The molecule has 0 aromatic rings. The van der Waals surface area contributed by atoms with Crippen LogP contribution >= 0.6 is 15.9 Å². The molecule has 0 aromatic carbocycles. The highest BCUT2D eigenvalue weighted by Crippen LogP contribution is 2.42. The van der Waals surface area contributed by atoms with Gasteiger partial charge in [0.25, 0.3) is 0 Å². The number of ether oxygens (including phenoxy) is 1. The lowest BCUT2D eigenvalue weighted by atomic mass is 9.83. The third kappa shape index (κ3) is 3.20. The van der Waals surface area contributed by atoms with Crippen molar-refractivity contribution in [1.82, 2.24) is 0 Å². The van der Waals surface area contributed by atoms with Crippen LogP contribution in [0.15, 0.2) is 0 Å². The molecule has 1 spiro atoms. The standard InChI is InChI=1S/C13H23BrO/c14-11-5-2-6-12-7-10-13(15-12)8-3-1-4-9-13/h12H,1-11H2. The maximum atomic E-state index is 6.32. The summed E-state index contributed by atoms with van der Waals surface area (Å²) in [6.07, 6.45) is 14.0. The van der Waals surface area contributed by atoms with Crippen LogP contribution in [0.2, 0.25) is 0 Å². The normalized spacial score (nSPS) is 29.8. The molecule has 1 saturated carbocycles. The van der Waals surface area contributed by atoms with Gasteiger partial charge in [-0.1, -0.05) is 41.6 Å². The van der Waals surface area contributed by atoms with E-state index in [4.69, 9.17) is 4.74 Å².